The van der Waals surface area contributed by atoms with Gasteiger partial charge in [-0.05, 0) is 24.7 Å². The van der Waals surface area contributed by atoms with E-state index in [4.69, 9.17) is 5.26 Å². The molecule has 1 saturated heterocycles. The number of nitrogens with one attached hydrogen (secondary N) is 1. The van der Waals surface area contributed by atoms with Crippen LogP contribution in [0.3, 0.4) is 0 Å². The van der Waals surface area contributed by atoms with E-state index in [1.54, 1.807) is 6.07 Å². The van der Waals surface area contributed by atoms with Gasteiger partial charge in [-0.25, -0.2) is 4.98 Å². The predicted octanol–water partition coefficient (Wildman–Crippen LogP) is 2.35. The van der Waals surface area contributed by atoms with Crippen molar-refractivity contribution in [3.63, 3.8) is 0 Å². The molecule has 1 unspecified atom stereocenters. The van der Waals surface area contributed by atoms with Gasteiger partial charge in [0, 0.05) is 32.7 Å². The summed E-state index contributed by atoms with van der Waals surface area (Å²) in [5.74, 6) is 0.747. The Hall–Kier alpha value is -2.42. The molecule has 0 saturated carbocycles. The summed E-state index contributed by atoms with van der Waals surface area (Å²) in [5, 5.41) is 12.6. The SMILES string of the molecule is CN1CCN(CC(Nc2cccc(C#N)n2)c2ccccc2)CC1. The Balaban J connectivity index is 1.76. The van der Waals surface area contributed by atoms with Crippen LogP contribution in [0.5, 0.6) is 0 Å². The summed E-state index contributed by atoms with van der Waals surface area (Å²) in [6.07, 6.45) is 0. The molecular formula is C19H23N5. The van der Waals surface area contributed by atoms with Gasteiger partial charge in [0.15, 0.2) is 0 Å². The van der Waals surface area contributed by atoms with Gasteiger partial charge in [-0.15, -0.1) is 0 Å². The van der Waals surface area contributed by atoms with E-state index in [0.29, 0.717) is 5.69 Å². The number of pyridine rings is 1. The molecule has 0 aliphatic carbocycles. The summed E-state index contributed by atoms with van der Waals surface area (Å²) in [4.78, 5) is 9.21. The summed E-state index contributed by atoms with van der Waals surface area (Å²) in [7, 11) is 2.17. The number of hydrogen-bond acceptors (Lipinski definition) is 5. The average Bonchev–Trinajstić information content (AvgIpc) is 2.64. The van der Waals surface area contributed by atoms with Crippen LogP contribution >= 0.6 is 0 Å². The minimum atomic E-state index is 0.149. The quantitative estimate of drug-likeness (QED) is 0.916. The largest absolute Gasteiger partial charge is 0.362 e. The molecule has 2 aromatic rings. The van der Waals surface area contributed by atoms with Crippen LogP contribution in [0.2, 0.25) is 0 Å². The van der Waals surface area contributed by atoms with Gasteiger partial charge in [0.25, 0.3) is 0 Å². The minimum absolute atomic E-state index is 0.149. The topological polar surface area (TPSA) is 55.2 Å². The lowest BCUT2D eigenvalue weighted by Crippen LogP contribution is -2.46. The minimum Gasteiger partial charge on any atom is -0.362 e. The molecule has 0 radical (unpaired) electrons. The fourth-order valence-corrected chi connectivity index (χ4v) is 2.96. The van der Waals surface area contributed by atoms with Gasteiger partial charge in [-0.3, -0.25) is 4.90 Å². The van der Waals surface area contributed by atoms with Crippen LogP contribution in [-0.2, 0) is 0 Å². The Morgan fingerprint density at radius 1 is 1.08 bits per heavy atom. The molecule has 1 fully saturated rings. The zero-order chi connectivity index (χ0) is 16.8. The molecule has 0 amide bonds. The van der Waals surface area contributed by atoms with Crippen molar-refractivity contribution in [2.24, 2.45) is 0 Å². The van der Waals surface area contributed by atoms with Crippen LogP contribution in [0.4, 0.5) is 5.82 Å². The van der Waals surface area contributed by atoms with Crippen LogP contribution in [0.15, 0.2) is 48.5 Å². The summed E-state index contributed by atoms with van der Waals surface area (Å²) in [6, 6.07) is 18.2. The lowest BCUT2D eigenvalue weighted by Gasteiger charge is -2.35. The molecule has 1 aliphatic rings. The van der Waals surface area contributed by atoms with E-state index in [1.165, 1.54) is 5.56 Å². The maximum absolute atomic E-state index is 9.05. The van der Waals surface area contributed by atoms with Crippen molar-refractivity contribution in [3.8, 4) is 6.07 Å². The standard InChI is InChI=1S/C19H23N5/c1-23-10-12-24(13-11-23)15-18(16-6-3-2-4-7-16)22-19-9-5-8-17(14-20)21-19/h2-9,18H,10-13,15H2,1H3,(H,21,22). The highest BCUT2D eigenvalue weighted by atomic mass is 15.3. The van der Waals surface area contributed by atoms with Crippen molar-refractivity contribution in [2.75, 3.05) is 45.1 Å². The van der Waals surface area contributed by atoms with Crippen molar-refractivity contribution >= 4 is 5.82 Å². The molecule has 1 aliphatic heterocycles. The summed E-state index contributed by atoms with van der Waals surface area (Å²) in [5.41, 5.74) is 1.67. The molecule has 1 aromatic heterocycles. The Bertz CT molecular complexity index is 686. The molecule has 1 aromatic carbocycles. The molecule has 1 atom stereocenters. The fraction of sp³-hybridized carbons (Fsp3) is 0.368. The number of hydrogen-bond donors (Lipinski definition) is 1. The third-order valence-electron chi connectivity index (χ3n) is 4.42. The zero-order valence-electron chi connectivity index (χ0n) is 14.0. The van der Waals surface area contributed by atoms with Crippen LogP contribution in [-0.4, -0.2) is 54.6 Å². The van der Waals surface area contributed by atoms with Crippen molar-refractivity contribution in [3.05, 3.63) is 59.8 Å². The number of piperazine rings is 1. The monoisotopic (exact) mass is 321 g/mol. The summed E-state index contributed by atoms with van der Waals surface area (Å²) >= 11 is 0. The van der Waals surface area contributed by atoms with Crippen LogP contribution in [0, 0.1) is 11.3 Å². The highest BCUT2D eigenvalue weighted by molar-refractivity contribution is 5.41. The first-order valence-electron chi connectivity index (χ1n) is 8.34. The van der Waals surface area contributed by atoms with E-state index in [1.807, 2.05) is 18.2 Å². The van der Waals surface area contributed by atoms with Gasteiger partial charge >= 0.3 is 0 Å². The molecule has 0 spiro atoms. The molecule has 5 heteroatoms. The van der Waals surface area contributed by atoms with Crippen molar-refractivity contribution in [1.82, 2.24) is 14.8 Å². The predicted molar refractivity (Wildman–Crippen MR) is 95.7 cm³/mol. The van der Waals surface area contributed by atoms with E-state index in [-0.39, 0.29) is 6.04 Å². The Kier molecular flexibility index (Phi) is 5.42. The van der Waals surface area contributed by atoms with Crippen molar-refractivity contribution < 1.29 is 0 Å². The van der Waals surface area contributed by atoms with Gasteiger partial charge in [0.05, 0.1) is 6.04 Å². The molecule has 2 heterocycles. The molecule has 0 bridgehead atoms. The van der Waals surface area contributed by atoms with Gasteiger partial charge < -0.3 is 10.2 Å². The first-order chi connectivity index (χ1) is 11.7. The maximum atomic E-state index is 9.05. The number of nitriles is 1. The van der Waals surface area contributed by atoms with E-state index < -0.39 is 0 Å². The zero-order valence-corrected chi connectivity index (χ0v) is 14.0. The highest BCUT2D eigenvalue weighted by Crippen LogP contribution is 2.20. The molecule has 24 heavy (non-hydrogen) atoms. The smallest absolute Gasteiger partial charge is 0.142 e. The average molecular weight is 321 g/mol. The molecule has 3 rings (SSSR count). The second-order valence-corrected chi connectivity index (χ2v) is 6.23. The van der Waals surface area contributed by atoms with Crippen LogP contribution in [0.1, 0.15) is 17.3 Å². The van der Waals surface area contributed by atoms with Crippen molar-refractivity contribution in [1.29, 1.82) is 5.26 Å². The van der Waals surface area contributed by atoms with Gasteiger partial charge in [0.2, 0.25) is 0 Å². The van der Waals surface area contributed by atoms with E-state index >= 15 is 0 Å². The van der Waals surface area contributed by atoms with Gasteiger partial charge in [-0.2, -0.15) is 5.26 Å². The normalized spacial score (nSPS) is 17.2. The lowest BCUT2D eigenvalue weighted by atomic mass is 10.1. The van der Waals surface area contributed by atoms with E-state index in [0.717, 1.165) is 38.5 Å². The number of likely N-dealkylation sites (N-methyl/N-ethyl adjacent to an activating group) is 1. The Morgan fingerprint density at radius 3 is 2.54 bits per heavy atom. The summed E-state index contributed by atoms with van der Waals surface area (Å²) in [6.45, 7) is 5.28. The third kappa shape index (κ3) is 4.31. The van der Waals surface area contributed by atoms with E-state index in [9.17, 15) is 0 Å². The highest BCUT2D eigenvalue weighted by Gasteiger charge is 2.20. The van der Waals surface area contributed by atoms with Crippen LogP contribution < -0.4 is 5.32 Å². The molecule has 5 nitrogen and oxygen atoms in total. The summed E-state index contributed by atoms with van der Waals surface area (Å²) < 4.78 is 0. The molecular weight excluding hydrogens is 298 g/mol. The van der Waals surface area contributed by atoms with Crippen LogP contribution in [0.25, 0.3) is 0 Å². The number of nitrogens with zero attached hydrogens (tertiary/aromatic N) is 4. The second-order valence-electron chi connectivity index (χ2n) is 6.23. The number of aromatic nitrogens is 1. The van der Waals surface area contributed by atoms with E-state index in [2.05, 4.69) is 57.5 Å². The Labute approximate surface area is 143 Å². The molecule has 124 valence electrons. The molecule has 1 N–H and O–H groups in total. The number of benzene rings is 1. The van der Waals surface area contributed by atoms with Gasteiger partial charge in [-0.1, -0.05) is 36.4 Å². The number of anilines is 1. The fourth-order valence-electron chi connectivity index (χ4n) is 2.96. The Morgan fingerprint density at radius 2 is 1.83 bits per heavy atom. The van der Waals surface area contributed by atoms with Crippen molar-refractivity contribution in [2.45, 2.75) is 6.04 Å². The first kappa shape index (κ1) is 16.4. The second kappa shape index (κ2) is 7.91. The van der Waals surface area contributed by atoms with Gasteiger partial charge in [0.1, 0.15) is 17.6 Å². The third-order valence-corrected chi connectivity index (χ3v) is 4.42. The number of rotatable bonds is 5. The first-order valence-corrected chi connectivity index (χ1v) is 8.34. The maximum Gasteiger partial charge on any atom is 0.142 e. The lowest BCUT2D eigenvalue weighted by molar-refractivity contribution is 0.149.